The van der Waals surface area contributed by atoms with Crippen LogP contribution in [0.5, 0.6) is 0 Å². The first-order valence-electron chi connectivity index (χ1n) is 7.41. The van der Waals surface area contributed by atoms with Gasteiger partial charge in [0.25, 0.3) is 5.91 Å². The van der Waals surface area contributed by atoms with Gasteiger partial charge in [-0.3, -0.25) is 4.79 Å². The maximum atomic E-state index is 12.7. The van der Waals surface area contributed by atoms with Crippen LogP contribution in [0.3, 0.4) is 0 Å². The van der Waals surface area contributed by atoms with Crippen LogP contribution in [0.2, 0.25) is 0 Å². The Morgan fingerprint density at radius 2 is 2.19 bits per heavy atom. The summed E-state index contributed by atoms with van der Waals surface area (Å²) in [6, 6.07) is 2.37. The molecule has 3 rings (SSSR count). The predicted octanol–water partition coefficient (Wildman–Crippen LogP) is 1.29. The summed E-state index contributed by atoms with van der Waals surface area (Å²) in [5.41, 5.74) is 1.23. The smallest absolute Gasteiger partial charge is 0.259 e. The molecular weight excluding hydrogens is 266 g/mol. The first-order valence-corrected chi connectivity index (χ1v) is 7.41. The van der Waals surface area contributed by atoms with Crippen LogP contribution in [0.15, 0.2) is 24.7 Å². The third-order valence-corrected chi connectivity index (χ3v) is 4.22. The fourth-order valence-corrected chi connectivity index (χ4v) is 2.95. The average Bonchev–Trinajstić information content (AvgIpc) is 2.75. The zero-order valence-corrected chi connectivity index (χ0v) is 12.6. The summed E-state index contributed by atoms with van der Waals surface area (Å²) < 4.78 is 1.65. The lowest BCUT2D eigenvalue weighted by Crippen LogP contribution is -2.33. The monoisotopic (exact) mass is 287 g/mol. The van der Waals surface area contributed by atoms with E-state index in [-0.39, 0.29) is 5.91 Å². The number of fused-ring (bicyclic) bond motifs is 1. The van der Waals surface area contributed by atoms with E-state index in [4.69, 9.17) is 0 Å². The number of hydrogen-bond acceptors (Lipinski definition) is 4. The Labute approximate surface area is 124 Å². The summed E-state index contributed by atoms with van der Waals surface area (Å²) in [4.78, 5) is 21.2. The van der Waals surface area contributed by atoms with Crippen LogP contribution in [-0.4, -0.2) is 63.5 Å². The van der Waals surface area contributed by atoms with E-state index >= 15 is 0 Å². The molecular formula is C15H21N5O. The van der Waals surface area contributed by atoms with Crippen molar-refractivity contribution < 1.29 is 4.79 Å². The number of rotatable bonds is 2. The second-order valence-electron chi connectivity index (χ2n) is 5.79. The van der Waals surface area contributed by atoms with Crippen LogP contribution in [0.1, 0.15) is 29.6 Å². The van der Waals surface area contributed by atoms with E-state index in [1.165, 1.54) is 0 Å². The SMILES string of the molecule is CN(C)[C@@H]1CCCN(C(=O)c2cnn3cccnc23)CC1. The van der Waals surface area contributed by atoms with Crippen LogP contribution in [0.4, 0.5) is 0 Å². The molecule has 1 fully saturated rings. The van der Waals surface area contributed by atoms with Gasteiger partial charge in [0.05, 0.1) is 6.20 Å². The summed E-state index contributed by atoms with van der Waals surface area (Å²) in [5, 5.41) is 4.20. The largest absolute Gasteiger partial charge is 0.338 e. The highest BCUT2D eigenvalue weighted by atomic mass is 16.2. The Hall–Kier alpha value is -1.95. The second-order valence-corrected chi connectivity index (χ2v) is 5.79. The molecule has 0 spiro atoms. The van der Waals surface area contributed by atoms with Crippen LogP contribution < -0.4 is 0 Å². The first kappa shape index (κ1) is 14.0. The molecule has 21 heavy (non-hydrogen) atoms. The molecule has 0 radical (unpaired) electrons. The van der Waals surface area contributed by atoms with Crippen LogP contribution in [0.25, 0.3) is 5.65 Å². The highest BCUT2D eigenvalue weighted by Gasteiger charge is 2.24. The number of carbonyl (C=O) groups is 1. The molecule has 112 valence electrons. The molecule has 2 aromatic heterocycles. The van der Waals surface area contributed by atoms with Crippen molar-refractivity contribution in [2.45, 2.75) is 25.3 Å². The van der Waals surface area contributed by atoms with Gasteiger partial charge < -0.3 is 9.80 Å². The van der Waals surface area contributed by atoms with Gasteiger partial charge in [-0.1, -0.05) is 0 Å². The van der Waals surface area contributed by atoms with Crippen molar-refractivity contribution in [3.05, 3.63) is 30.2 Å². The molecule has 6 nitrogen and oxygen atoms in total. The Balaban J connectivity index is 1.79. The van der Waals surface area contributed by atoms with Crippen molar-refractivity contribution in [3.8, 4) is 0 Å². The van der Waals surface area contributed by atoms with Gasteiger partial charge in [0.1, 0.15) is 5.56 Å². The maximum absolute atomic E-state index is 12.7. The summed E-state index contributed by atoms with van der Waals surface area (Å²) in [5.74, 6) is 0.0445. The van der Waals surface area contributed by atoms with Crippen molar-refractivity contribution in [3.63, 3.8) is 0 Å². The molecule has 1 aliphatic rings. The Bertz CT molecular complexity index is 636. The molecule has 1 aliphatic heterocycles. The minimum atomic E-state index is 0.0445. The molecule has 1 atom stereocenters. The standard InChI is InChI=1S/C15H21N5O/c1-18(2)12-5-3-8-19(10-6-12)15(21)13-11-17-20-9-4-7-16-14(13)20/h4,7,9,11-12H,3,5-6,8,10H2,1-2H3/t12-/m1/s1. The van der Waals surface area contributed by atoms with Gasteiger partial charge in [-0.15, -0.1) is 0 Å². The summed E-state index contributed by atoms with van der Waals surface area (Å²) >= 11 is 0. The van der Waals surface area contributed by atoms with E-state index < -0.39 is 0 Å². The average molecular weight is 287 g/mol. The Morgan fingerprint density at radius 1 is 1.33 bits per heavy atom. The van der Waals surface area contributed by atoms with Crippen molar-refractivity contribution >= 4 is 11.6 Å². The zero-order chi connectivity index (χ0) is 14.8. The van der Waals surface area contributed by atoms with E-state index in [1.807, 2.05) is 17.2 Å². The molecule has 1 amide bonds. The molecule has 0 aromatic carbocycles. The zero-order valence-electron chi connectivity index (χ0n) is 12.6. The van der Waals surface area contributed by atoms with Crippen LogP contribution in [-0.2, 0) is 0 Å². The Morgan fingerprint density at radius 3 is 3.00 bits per heavy atom. The molecule has 6 heteroatoms. The highest BCUT2D eigenvalue weighted by molar-refractivity contribution is 5.99. The lowest BCUT2D eigenvalue weighted by molar-refractivity contribution is 0.0760. The fourth-order valence-electron chi connectivity index (χ4n) is 2.95. The summed E-state index contributed by atoms with van der Waals surface area (Å²) in [7, 11) is 4.22. The lowest BCUT2D eigenvalue weighted by atomic mass is 10.1. The fraction of sp³-hybridized carbons (Fsp3) is 0.533. The highest BCUT2D eigenvalue weighted by Crippen LogP contribution is 2.18. The van der Waals surface area contributed by atoms with Gasteiger partial charge in [-0.25, -0.2) is 9.50 Å². The number of amides is 1. The van der Waals surface area contributed by atoms with E-state index in [0.29, 0.717) is 17.3 Å². The minimum absolute atomic E-state index is 0.0445. The van der Waals surface area contributed by atoms with Crippen LogP contribution in [0, 0.1) is 0 Å². The number of aromatic nitrogens is 3. The third kappa shape index (κ3) is 2.76. The molecule has 0 unspecified atom stereocenters. The van der Waals surface area contributed by atoms with Gasteiger partial charge >= 0.3 is 0 Å². The maximum Gasteiger partial charge on any atom is 0.259 e. The molecule has 2 aromatic rings. The minimum Gasteiger partial charge on any atom is -0.338 e. The molecule has 0 N–H and O–H groups in total. The molecule has 0 saturated carbocycles. The number of nitrogens with zero attached hydrogens (tertiary/aromatic N) is 5. The topological polar surface area (TPSA) is 53.7 Å². The number of carbonyl (C=O) groups excluding carboxylic acids is 1. The first-order chi connectivity index (χ1) is 10.2. The summed E-state index contributed by atoms with van der Waals surface area (Å²) in [6.45, 7) is 1.61. The van der Waals surface area contributed by atoms with Gasteiger partial charge in [0, 0.05) is 31.5 Å². The van der Waals surface area contributed by atoms with E-state index in [0.717, 1.165) is 32.4 Å². The third-order valence-electron chi connectivity index (χ3n) is 4.22. The predicted molar refractivity (Wildman–Crippen MR) is 80.2 cm³/mol. The quantitative estimate of drug-likeness (QED) is 0.835. The molecule has 0 aliphatic carbocycles. The van der Waals surface area contributed by atoms with Crippen molar-refractivity contribution in [1.82, 2.24) is 24.4 Å². The second kappa shape index (κ2) is 5.81. The molecule has 1 saturated heterocycles. The molecule has 3 heterocycles. The van der Waals surface area contributed by atoms with E-state index in [1.54, 1.807) is 16.9 Å². The van der Waals surface area contributed by atoms with Gasteiger partial charge in [-0.2, -0.15) is 5.10 Å². The normalized spacial score (nSPS) is 20.0. The lowest BCUT2D eigenvalue weighted by Gasteiger charge is -2.23. The van der Waals surface area contributed by atoms with E-state index in [9.17, 15) is 4.79 Å². The molecule has 0 bridgehead atoms. The number of likely N-dealkylation sites (tertiary alicyclic amines) is 1. The Kier molecular flexibility index (Phi) is 3.88. The van der Waals surface area contributed by atoms with Gasteiger partial charge in [-0.05, 0) is 39.4 Å². The van der Waals surface area contributed by atoms with Gasteiger partial charge in [0.15, 0.2) is 5.65 Å². The van der Waals surface area contributed by atoms with E-state index in [2.05, 4.69) is 29.1 Å². The van der Waals surface area contributed by atoms with Gasteiger partial charge in [0.2, 0.25) is 0 Å². The number of hydrogen-bond donors (Lipinski definition) is 0. The van der Waals surface area contributed by atoms with Crippen molar-refractivity contribution in [2.24, 2.45) is 0 Å². The summed E-state index contributed by atoms with van der Waals surface area (Å²) in [6.07, 6.45) is 8.33. The van der Waals surface area contributed by atoms with Crippen LogP contribution >= 0.6 is 0 Å². The van der Waals surface area contributed by atoms with Crippen molar-refractivity contribution in [1.29, 1.82) is 0 Å². The van der Waals surface area contributed by atoms with Crippen molar-refractivity contribution in [2.75, 3.05) is 27.2 Å².